The molecule has 6 aliphatic rings. The van der Waals surface area contributed by atoms with E-state index in [1.165, 1.54) is 36.4 Å². The van der Waals surface area contributed by atoms with Crippen molar-refractivity contribution in [1.82, 2.24) is 26.6 Å². The number of aliphatic hydroxyl groups excluding tert-OH is 4. The average molecular weight is 1360 g/mol. The van der Waals surface area contributed by atoms with E-state index >= 15 is 9.59 Å². The highest BCUT2D eigenvalue weighted by Gasteiger charge is 2.41. The number of fused-ring (bicyclic) bond motifs is 16. The molecule has 6 heterocycles. The zero-order chi connectivity index (χ0) is 69.1. The first-order valence-electron chi connectivity index (χ1n) is 30.2. The topological polar surface area (TPSA) is 475 Å². The van der Waals surface area contributed by atoms with Crippen LogP contribution in [0, 0.1) is 5.92 Å². The van der Waals surface area contributed by atoms with Crippen LogP contribution in [0.2, 0.25) is 10.0 Å². The largest absolute Gasteiger partial charge is 0.508 e. The van der Waals surface area contributed by atoms with Crippen LogP contribution in [0.1, 0.15) is 131 Å². The maximum Gasteiger partial charge on any atom is 0.330 e. The second kappa shape index (κ2) is 29.6. The summed E-state index contributed by atoms with van der Waals surface area (Å²) in [6, 6.07) is 4.66. The molecule has 0 aromatic heterocycles. The van der Waals surface area contributed by atoms with Crippen LogP contribution in [0.25, 0.3) is 11.1 Å². The van der Waals surface area contributed by atoms with Crippen molar-refractivity contribution in [3.05, 3.63) is 117 Å². The Bertz CT molecular complexity index is 3760. The Morgan fingerprint density at radius 1 is 0.779 bits per heavy atom. The van der Waals surface area contributed by atoms with E-state index in [9.17, 15) is 64.8 Å². The summed E-state index contributed by atoms with van der Waals surface area (Å²) in [5.74, 6) is -12.7. The van der Waals surface area contributed by atoms with E-state index in [4.69, 9.17) is 68.8 Å². The third-order valence-corrected chi connectivity index (χ3v) is 16.7. The molecule has 0 spiro atoms. The number of nitrogens with two attached hydrogens (primary N) is 3. The number of carboxylic acids is 1. The quantitative estimate of drug-likeness (QED) is 0.0790. The molecule has 2 saturated heterocycles. The zero-order valence-electron chi connectivity index (χ0n) is 51.6. The zero-order valence-corrected chi connectivity index (χ0v) is 53.1. The molecule has 0 radical (unpaired) electrons. The number of primary amides is 1. The number of carbonyl (C=O) groups excluding carboxylic acids is 6. The second-order valence-corrected chi connectivity index (χ2v) is 25.4. The number of hydrogen-bond acceptors (Lipinski definition) is 22. The highest BCUT2D eigenvalue weighted by atomic mass is 35.5. The number of halogens is 2. The standard InChI is InChI=1S/C64H74Cl2N8O21/c1-26(2)5-12-48(81)71-55-56(83)30-8-11-43(37(66)15-30)93-46-17-31-16-45(57(46)95-63-41(79)20-33(76)25-90-63)92-42-10-7-28(14-36(42)65)44(94-50-24-64(4,69)23-27(3)91-50)22-49(82)72-54(62(88)89)35-18-32(75)19-40(78)51(35)34-13-29(6-9-39(34)77)52(58(68)84)73-60(86)53(31)74-59(85)38(21-47(67)80)70-61(55)87/h6-11,13-19,26-27,33,38,41,44,47,50,52-56,63,75-80,83H,5,12,20-25,67,69H2,1-4H3,(H2,68,84)(H,70,87)(H,71,81)(H,72,82)(H,73,86)(H,74,85)(H,88,89)/t27?,33?,38?,41?,44?,47?,50-,52+,53?,54?,55?,56+,63-,64+/m0/s1. The van der Waals surface area contributed by atoms with Gasteiger partial charge in [-0.15, -0.1) is 0 Å². The predicted molar refractivity (Wildman–Crippen MR) is 335 cm³/mol. The van der Waals surface area contributed by atoms with Gasteiger partial charge >= 0.3 is 5.97 Å². The Labute approximate surface area is 553 Å². The minimum Gasteiger partial charge on any atom is -0.508 e. The maximum absolute atomic E-state index is 15.6. The number of carboxylic acid groups (broad SMARTS) is 1. The van der Waals surface area contributed by atoms with Crippen molar-refractivity contribution in [3.8, 4) is 57.1 Å². The number of nitrogens with one attached hydrogen (secondary N) is 5. The Morgan fingerprint density at radius 2 is 1.43 bits per heavy atom. The number of aromatic hydroxyl groups is 3. The molecule has 9 unspecified atom stereocenters. The van der Waals surface area contributed by atoms with Crippen molar-refractivity contribution in [3.63, 3.8) is 0 Å². The molecule has 29 nitrogen and oxygen atoms in total. The number of aliphatic hydroxyl groups is 4. The molecule has 0 aliphatic carbocycles. The number of hydrogen-bond donors (Lipinski definition) is 16. The number of ether oxygens (including phenoxy) is 6. The highest BCUT2D eigenvalue weighted by molar-refractivity contribution is 6.32. The monoisotopic (exact) mass is 1360 g/mol. The number of rotatable bonds is 12. The van der Waals surface area contributed by atoms with Crippen molar-refractivity contribution in [2.24, 2.45) is 23.1 Å². The van der Waals surface area contributed by atoms with Crippen LogP contribution < -0.4 is 58.0 Å². The normalized spacial score (nSPS) is 27.0. The van der Waals surface area contributed by atoms with Gasteiger partial charge in [-0.3, -0.25) is 28.8 Å². The summed E-state index contributed by atoms with van der Waals surface area (Å²) in [6.45, 7) is 6.89. The molecule has 5 aromatic rings. The number of carbonyl (C=O) groups is 7. The molecule has 2 fully saturated rings. The first-order chi connectivity index (χ1) is 44.8. The average Bonchev–Trinajstić information content (AvgIpc) is 0.778. The van der Waals surface area contributed by atoms with E-state index in [0.717, 1.165) is 42.5 Å². The molecular weight excluding hydrogens is 1290 g/mol. The Balaban J connectivity index is 1.30. The van der Waals surface area contributed by atoms with Crippen molar-refractivity contribution in [1.29, 1.82) is 0 Å². The van der Waals surface area contributed by atoms with Crippen LogP contribution in [0.4, 0.5) is 0 Å². The molecule has 9 bridgehead atoms. The molecule has 510 valence electrons. The summed E-state index contributed by atoms with van der Waals surface area (Å²) in [7, 11) is 0. The molecular formula is C64H74Cl2N8O21. The fourth-order valence-electron chi connectivity index (χ4n) is 11.6. The third kappa shape index (κ3) is 17.1. The van der Waals surface area contributed by atoms with Gasteiger partial charge in [-0.1, -0.05) is 55.2 Å². The summed E-state index contributed by atoms with van der Waals surface area (Å²) in [5, 5.41) is 101. The minimum absolute atomic E-state index is 0.0290. The van der Waals surface area contributed by atoms with Crippen molar-refractivity contribution < 1.29 is 103 Å². The van der Waals surface area contributed by atoms with Gasteiger partial charge in [-0.2, -0.15) is 0 Å². The lowest BCUT2D eigenvalue weighted by Gasteiger charge is -2.40. The van der Waals surface area contributed by atoms with Gasteiger partial charge in [-0.25, -0.2) is 4.79 Å². The number of phenols is 3. The molecule has 5 aromatic carbocycles. The van der Waals surface area contributed by atoms with Crippen LogP contribution >= 0.6 is 23.2 Å². The van der Waals surface area contributed by atoms with Crippen LogP contribution in [0.5, 0.6) is 46.0 Å². The van der Waals surface area contributed by atoms with Crippen LogP contribution in [0.15, 0.2) is 78.9 Å². The van der Waals surface area contributed by atoms with Crippen molar-refractivity contribution in [2.45, 2.75) is 158 Å². The van der Waals surface area contributed by atoms with E-state index in [1.807, 2.05) is 13.8 Å². The summed E-state index contributed by atoms with van der Waals surface area (Å²) in [4.78, 5) is 101. The van der Waals surface area contributed by atoms with Gasteiger partial charge in [0.2, 0.25) is 47.5 Å². The van der Waals surface area contributed by atoms with E-state index in [1.54, 1.807) is 13.8 Å². The first kappa shape index (κ1) is 70.7. The van der Waals surface area contributed by atoms with E-state index in [0.29, 0.717) is 12.8 Å². The SMILES string of the molecule is CC(C)CCC(=O)NC1C(=O)NC(CC(N)O)C(=O)NC2C(=O)N[C@@H](C(N)=O)c3ccc(O)c(c3)-c3c(O)cc(O)cc3C(C(=O)O)NC(=O)CC(O[C@H]3C[C@](C)(N)CC(C)O3)c3ccc(c(Cl)c3)Oc3cc2cc(c3O[C@@H]2OCC(O)CC2O)Oc2ccc(cc2Cl)[C@H]1O. The lowest BCUT2D eigenvalue weighted by Crippen LogP contribution is -2.57. The van der Waals surface area contributed by atoms with Crippen molar-refractivity contribution in [2.75, 3.05) is 6.61 Å². The summed E-state index contributed by atoms with van der Waals surface area (Å²) in [5.41, 5.74) is 15.7. The van der Waals surface area contributed by atoms with Crippen molar-refractivity contribution >= 4 is 64.6 Å². The maximum atomic E-state index is 15.6. The molecule has 95 heavy (non-hydrogen) atoms. The van der Waals surface area contributed by atoms with E-state index < -0.39 is 191 Å². The lowest BCUT2D eigenvalue weighted by atomic mass is 9.89. The van der Waals surface area contributed by atoms with Gasteiger partial charge < -0.3 is 113 Å². The van der Waals surface area contributed by atoms with Gasteiger partial charge in [0.05, 0.1) is 41.4 Å². The van der Waals surface area contributed by atoms with Gasteiger partial charge in [0.15, 0.2) is 23.8 Å². The Kier molecular flexibility index (Phi) is 22.0. The molecule has 6 amide bonds. The fraction of sp³-hybridized carbons (Fsp3) is 0.422. The molecule has 0 saturated carbocycles. The molecule has 11 rings (SSSR count). The fourth-order valence-corrected chi connectivity index (χ4v) is 12.0. The van der Waals surface area contributed by atoms with Gasteiger partial charge in [-0.05, 0) is 109 Å². The Morgan fingerprint density at radius 3 is 2.04 bits per heavy atom. The lowest BCUT2D eigenvalue weighted by molar-refractivity contribution is -0.225. The third-order valence-electron chi connectivity index (χ3n) is 16.1. The van der Waals surface area contributed by atoms with Crippen LogP contribution in [0.3, 0.4) is 0 Å². The molecule has 31 heteroatoms. The number of amides is 6. The minimum atomic E-state index is -2.18. The number of phenolic OH excluding ortho intramolecular Hbond substituents is 3. The predicted octanol–water partition coefficient (Wildman–Crippen LogP) is 3.77. The molecule has 14 atom stereocenters. The van der Waals surface area contributed by atoms with E-state index in [-0.39, 0.29) is 75.6 Å². The molecule has 19 N–H and O–H groups in total. The van der Waals surface area contributed by atoms with Crippen LogP contribution in [-0.2, 0) is 47.8 Å². The summed E-state index contributed by atoms with van der Waals surface area (Å²) >= 11 is 14.1. The smallest absolute Gasteiger partial charge is 0.330 e. The van der Waals surface area contributed by atoms with Gasteiger partial charge in [0.1, 0.15) is 71.4 Å². The van der Waals surface area contributed by atoms with Crippen LogP contribution in [-0.4, -0.2) is 144 Å². The highest BCUT2D eigenvalue weighted by Crippen LogP contribution is 2.49. The molecule has 6 aliphatic heterocycles. The number of benzene rings is 5. The first-order valence-corrected chi connectivity index (χ1v) is 31.0. The Hall–Kier alpha value is -8.59. The second-order valence-electron chi connectivity index (χ2n) is 24.6. The van der Waals surface area contributed by atoms with E-state index in [2.05, 4.69) is 26.6 Å². The number of aliphatic carboxylic acids is 1. The summed E-state index contributed by atoms with van der Waals surface area (Å²) < 4.78 is 38.0. The summed E-state index contributed by atoms with van der Waals surface area (Å²) in [6.07, 6.45) is -12.0. The van der Waals surface area contributed by atoms with Gasteiger partial charge in [0, 0.05) is 54.0 Å². The van der Waals surface area contributed by atoms with Gasteiger partial charge in [0.25, 0.3) is 0 Å².